The van der Waals surface area contributed by atoms with E-state index in [1.54, 1.807) is 31.2 Å². The first-order chi connectivity index (χ1) is 12.9. The van der Waals surface area contributed by atoms with Crippen LogP contribution < -0.4 is 0 Å². The van der Waals surface area contributed by atoms with Gasteiger partial charge >= 0.3 is 6.18 Å². The summed E-state index contributed by atoms with van der Waals surface area (Å²) in [5.41, 5.74) is 1.54. The van der Waals surface area contributed by atoms with E-state index in [9.17, 15) is 18.3 Å². The van der Waals surface area contributed by atoms with Gasteiger partial charge in [0.1, 0.15) is 19.4 Å². The van der Waals surface area contributed by atoms with Crippen LogP contribution in [0, 0.1) is 0 Å². The SMILES string of the molecule is CON=C(CO)c1ccccc1CON=C(C)c1cccc(C(F)(F)F)c1. The second-order valence-corrected chi connectivity index (χ2v) is 5.56. The van der Waals surface area contributed by atoms with Crippen LogP contribution in [-0.4, -0.2) is 30.2 Å². The van der Waals surface area contributed by atoms with E-state index in [2.05, 4.69) is 10.3 Å². The molecule has 0 aromatic heterocycles. The fraction of sp³-hybridized carbons (Fsp3) is 0.263. The van der Waals surface area contributed by atoms with E-state index in [1.165, 1.54) is 19.2 Å². The van der Waals surface area contributed by atoms with Crippen LogP contribution in [0.1, 0.15) is 29.2 Å². The van der Waals surface area contributed by atoms with Crippen molar-refractivity contribution in [3.05, 3.63) is 70.8 Å². The molecule has 2 aromatic rings. The number of nitrogens with zero attached hydrogens (tertiary/aromatic N) is 2. The number of benzene rings is 2. The van der Waals surface area contributed by atoms with Gasteiger partial charge in [0, 0.05) is 11.1 Å². The van der Waals surface area contributed by atoms with E-state index in [0.717, 1.165) is 12.1 Å². The van der Waals surface area contributed by atoms with Crippen LogP contribution in [0.4, 0.5) is 13.2 Å². The number of oxime groups is 2. The number of hydrogen-bond acceptors (Lipinski definition) is 5. The summed E-state index contributed by atoms with van der Waals surface area (Å²) in [7, 11) is 1.37. The molecule has 0 aliphatic heterocycles. The fourth-order valence-corrected chi connectivity index (χ4v) is 2.37. The minimum Gasteiger partial charge on any atom is -0.399 e. The van der Waals surface area contributed by atoms with E-state index in [1.807, 2.05) is 0 Å². The lowest BCUT2D eigenvalue weighted by Crippen LogP contribution is -2.11. The van der Waals surface area contributed by atoms with Gasteiger partial charge in [0.05, 0.1) is 17.9 Å². The van der Waals surface area contributed by atoms with Gasteiger partial charge in [0.2, 0.25) is 0 Å². The Morgan fingerprint density at radius 2 is 1.81 bits per heavy atom. The Morgan fingerprint density at radius 1 is 1.07 bits per heavy atom. The van der Waals surface area contributed by atoms with Crippen LogP contribution >= 0.6 is 0 Å². The van der Waals surface area contributed by atoms with Crippen molar-refractivity contribution < 1.29 is 28.0 Å². The van der Waals surface area contributed by atoms with E-state index >= 15 is 0 Å². The summed E-state index contributed by atoms with van der Waals surface area (Å²) in [6.07, 6.45) is -4.42. The monoisotopic (exact) mass is 380 g/mol. The van der Waals surface area contributed by atoms with E-state index in [4.69, 9.17) is 9.68 Å². The maximum absolute atomic E-state index is 12.8. The van der Waals surface area contributed by atoms with E-state index in [-0.39, 0.29) is 13.2 Å². The molecule has 0 bridgehead atoms. The highest BCUT2D eigenvalue weighted by atomic mass is 19.4. The number of aliphatic hydroxyl groups is 1. The van der Waals surface area contributed by atoms with E-state index < -0.39 is 11.7 Å². The summed E-state index contributed by atoms with van der Waals surface area (Å²) in [5.74, 6) is 0. The molecule has 27 heavy (non-hydrogen) atoms. The molecule has 0 aliphatic rings. The molecule has 0 atom stereocenters. The van der Waals surface area contributed by atoms with Crippen LogP contribution in [0.3, 0.4) is 0 Å². The molecule has 2 rings (SSSR count). The minimum atomic E-state index is -4.42. The molecule has 0 unspecified atom stereocenters. The zero-order valence-electron chi connectivity index (χ0n) is 14.8. The largest absolute Gasteiger partial charge is 0.416 e. The minimum absolute atomic E-state index is 0.0508. The third-order valence-corrected chi connectivity index (χ3v) is 3.71. The Bertz CT molecular complexity index is 833. The van der Waals surface area contributed by atoms with Gasteiger partial charge in [-0.05, 0) is 24.6 Å². The molecule has 5 nitrogen and oxygen atoms in total. The molecule has 0 heterocycles. The first-order valence-electron chi connectivity index (χ1n) is 8.00. The van der Waals surface area contributed by atoms with Crippen molar-refractivity contribution in [3.63, 3.8) is 0 Å². The Balaban J connectivity index is 2.15. The summed E-state index contributed by atoms with van der Waals surface area (Å²) in [6.45, 7) is 1.29. The lowest BCUT2D eigenvalue weighted by molar-refractivity contribution is -0.137. The van der Waals surface area contributed by atoms with Crippen molar-refractivity contribution in [3.8, 4) is 0 Å². The number of aliphatic hydroxyl groups excluding tert-OH is 1. The van der Waals surface area contributed by atoms with Crippen LogP contribution in [0.5, 0.6) is 0 Å². The lowest BCUT2D eigenvalue weighted by atomic mass is 10.0. The van der Waals surface area contributed by atoms with Crippen molar-refractivity contribution >= 4 is 11.4 Å². The average Bonchev–Trinajstić information content (AvgIpc) is 2.66. The van der Waals surface area contributed by atoms with Crippen LogP contribution in [0.2, 0.25) is 0 Å². The van der Waals surface area contributed by atoms with Crippen LogP contribution in [0.15, 0.2) is 58.8 Å². The standard InChI is InChI=1S/C19H19F3N2O3/c1-13(14-7-5-8-16(10-14)19(20,21)22)23-27-12-15-6-3-4-9-17(15)18(11-25)24-26-2/h3-10,25H,11-12H2,1-2H3. The highest BCUT2D eigenvalue weighted by molar-refractivity contribution is 6.02. The third kappa shape index (κ3) is 5.55. The molecule has 8 heteroatoms. The molecular formula is C19H19F3N2O3. The second-order valence-electron chi connectivity index (χ2n) is 5.56. The van der Waals surface area contributed by atoms with Crippen molar-refractivity contribution in [1.82, 2.24) is 0 Å². The molecule has 0 amide bonds. The Morgan fingerprint density at radius 3 is 2.48 bits per heavy atom. The molecule has 0 fully saturated rings. The maximum atomic E-state index is 12.8. The number of rotatable bonds is 7. The first kappa shape index (κ1) is 20.4. The Labute approximate surface area is 154 Å². The van der Waals surface area contributed by atoms with Crippen molar-refractivity contribution in [2.24, 2.45) is 10.3 Å². The molecular weight excluding hydrogens is 361 g/mol. The number of hydrogen-bond donors (Lipinski definition) is 1. The Kier molecular flexibility index (Phi) is 6.95. The second kappa shape index (κ2) is 9.18. The zero-order valence-corrected chi connectivity index (χ0v) is 14.8. The summed E-state index contributed by atoms with van der Waals surface area (Å²) in [4.78, 5) is 10.0. The first-order valence-corrected chi connectivity index (χ1v) is 8.00. The summed E-state index contributed by atoms with van der Waals surface area (Å²) in [6, 6.07) is 11.9. The zero-order chi connectivity index (χ0) is 19.9. The van der Waals surface area contributed by atoms with Gasteiger partial charge in [-0.3, -0.25) is 0 Å². The maximum Gasteiger partial charge on any atom is 0.416 e. The van der Waals surface area contributed by atoms with Gasteiger partial charge in [-0.15, -0.1) is 0 Å². The van der Waals surface area contributed by atoms with Crippen molar-refractivity contribution in [2.75, 3.05) is 13.7 Å². The molecule has 0 spiro atoms. The molecule has 0 saturated carbocycles. The lowest BCUT2D eigenvalue weighted by Gasteiger charge is -2.10. The van der Waals surface area contributed by atoms with Gasteiger partial charge < -0.3 is 14.8 Å². The van der Waals surface area contributed by atoms with Gasteiger partial charge in [0.15, 0.2) is 0 Å². The van der Waals surface area contributed by atoms with Crippen molar-refractivity contribution in [1.29, 1.82) is 0 Å². The molecule has 0 saturated heterocycles. The average molecular weight is 380 g/mol. The van der Waals surface area contributed by atoms with Crippen LogP contribution in [-0.2, 0) is 22.5 Å². The third-order valence-electron chi connectivity index (χ3n) is 3.71. The number of alkyl halides is 3. The highest BCUT2D eigenvalue weighted by Gasteiger charge is 2.30. The molecule has 144 valence electrons. The summed E-state index contributed by atoms with van der Waals surface area (Å²) >= 11 is 0. The molecule has 1 N–H and O–H groups in total. The molecule has 0 radical (unpaired) electrons. The number of halogens is 3. The predicted molar refractivity (Wildman–Crippen MR) is 95.5 cm³/mol. The molecule has 2 aromatic carbocycles. The fourth-order valence-electron chi connectivity index (χ4n) is 2.37. The molecule has 0 aliphatic carbocycles. The van der Waals surface area contributed by atoms with Crippen LogP contribution in [0.25, 0.3) is 0 Å². The Hall–Kier alpha value is -2.87. The van der Waals surface area contributed by atoms with Gasteiger partial charge in [-0.1, -0.05) is 46.7 Å². The normalized spacial score (nSPS) is 12.8. The quantitative estimate of drug-likeness (QED) is 0.584. The topological polar surface area (TPSA) is 63.4 Å². The summed E-state index contributed by atoms with van der Waals surface area (Å²) in [5, 5.41) is 17.1. The van der Waals surface area contributed by atoms with E-state index in [0.29, 0.717) is 28.1 Å². The summed E-state index contributed by atoms with van der Waals surface area (Å²) < 4.78 is 38.4. The van der Waals surface area contributed by atoms with Gasteiger partial charge in [-0.2, -0.15) is 13.2 Å². The van der Waals surface area contributed by atoms with Gasteiger partial charge in [0.25, 0.3) is 0 Å². The van der Waals surface area contributed by atoms with Gasteiger partial charge in [-0.25, -0.2) is 0 Å². The predicted octanol–water partition coefficient (Wildman–Crippen LogP) is 3.99. The smallest absolute Gasteiger partial charge is 0.399 e. The highest BCUT2D eigenvalue weighted by Crippen LogP contribution is 2.29. The van der Waals surface area contributed by atoms with Crippen molar-refractivity contribution in [2.45, 2.75) is 19.7 Å².